The van der Waals surface area contributed by atoms with E-state index in [9.17, 15) is 13.6 Å². The summed E-state index contributed by atoms with van der Waals surface area (Å²) in [7, 11) is 0. The van der Waals surface area contributed by atoms with Gasteiger partial charge in [0.05, 0.1) is 0 Å². The molecule has 0 aliphatic heterocycles. The molecule has 0 radical (unpaired) electrons. The first-order chi connectivity index (χ1) is 4.50. The number of alkyl halides is 2. The number of hydrogen-bond donors (Lipinski definition) is 1. The molecule has 0 spiro atoms. The highest BCUT2D eigenvalue weighted by molar-refractivity contribution is 5.82. The van der Waals surface area contributed by atoms with E-state index < -0.39 is 18.1 Å². The molecule has 4 heteroatoms. The maximum atomic E-state index is 12.3. The van der Waals surface area contributed by atoms with Gasteiger partial charge in [-0.05, 0) is 6.42 Å². The Balaban J connectivity index is 3.75. The highest BCUT2D eigenvalue weighted by Crippen LogP contribution is 2.20. The van der Waals surface area contributed by atoms with Crippen molar-refractivity contribution in [1.82, 2.24) is 0 Å². The predicted molar refractivity (Wildman–Crippen MR) is 31.9 cm³/mol. The van der Waals surface area contributed by atoms with Crippen molar-refractivity contribution in [1.29, 1.82) is 0 Å². The van der Waals surface area contributed by atoms with Crippen LogP contribution in [0.15, 0.2) is 0 Å². The summed E-state index contributed by atoms with van der Waals surface area (Å²) in [6.07, 6.45) is -0.592. The third kappa shape index (κ3) is 2.87. The van der Waals surface area contributed by atoms with Crippen LogP contribution in [0.25, 0.3) is 0 Å². The average molecular weight is 152 g/mol. The number of aliphatic hydroxyl groups is 1. The van der Waals surface area contributed by atoms with Crippen molar-refractivity contribution >= 4 is 5.78 Å². The molecule has 10 heavy (non-hydrogen) atoms. The van der Waals surface area contributed by atoms with Crippen LogP contribution in [-0.2, 0) is 4.79 Å². The maximum Gasteiger partial charge on any atom is 0.305 e. The summed E-state index contributed by atoms with van der Waals surface area (Å²) in [5.41, 5.74) is 0. The smallest absolute Gasteiger partial charge is 0.305 e. The van der Waals surface area contributed by atoms with Gasteiger partial charge in [-0.3, -0.25) is 4.79 Å². The fraction of sp³-hybridized carbons (Fsp3) is 0.833. The summed E-state index contributed by atoms with van der Waals surface area (Å²) in [5.74, 6) is -4.39. The minimum absolute atomic E-state index is 0.0351. The number of halogens is 2. The van der Waals surface area contributed by atoms with Crippen molar-refractivity contribution in [2.24, 2.45) is 0 Å². The molecular weight excluding hydrogens is 142 g/mol. The van der Waals surface area contributed by atoms with E-state index in [2.05, 4.69) is 0 Å². The molecule has 0 saturated carbocycles. The molecule has 0 aromatic rings. The molecule has 0 aliphatic carbocycles. The Bertz CT molecular complexity index is 123. The van der Waals surface area contributed by atoms with Crippen molar-refractivity contribution in [3.63, 3.8) is 0 Å². The van der Waals surface area contributed by atoms with Crippen molar-refractivity contribution in [2.45, 2.75) is 25.7 Å². The molecule has 60 valence electrons. The number of aliphatic hydroxyl groups excluding tert-OH is 1. The van der Waals surface area contributed by atoms with E-state index in [0.29, 0.717) is 0 Å². The first-order valence-electron chi connectivity index (χ1n) is 3.00. The van der Waals surface area contributed by atoms with Crippen molar-refractivity contribution in [3.8, 4) is 0 Å². The van der Waals surface area contributed by atoms with E-state index in [1.54, 1.807) is 0 Å². The lowest BCUT2D eigenvalue weighted by Crippen LogP contribution is -2.25. The number of ketones is 1. The standard InChI is InChI=1S/C6H10F2O2/c1-5(10)6(7,8)3-2-4-9/h9H,2-4H2,1H3. The number of carbonyl (C=O) groups excluding carboxylic acids is 1. The molecule has 0 aliphatic rings. The van der Waals surface area contributed by atoms with Crippen molar-refractivity contribution in [2.75, 3.05) is 6.61 Å². The summed E-state index contributed by atoms with van der Waals surface area (Å²) in [6, 6.07) is 0. The molecule has 1 N–H and O–H groups in total. The van der Waals surface area contributed by atoms with Gasteiger partial charge in [-0.15, -0.1) is 0 Å². The van der Waals surface area contributed by atoms with Crippen LogP contribution in [-0.4, -0.2) is 23.4 Å². The van der Waals surface area contributed by atoms with E-state index in [1.165, 1.54) is 0 Å². The Hall–Kier alpha value is -0.510. The van der Waals surface area contributed by atoms with E-state index >= 15 is 0 Å². The lowest BCUT2D eigenvalue weighted by molar-refractivity contribution is -0.141. The third-order valence-electron chi connectivity index (χ3n) is 1.16. The molecule has 0 saturated heterocycles. The Kier molecular flexibility index (Phi) is 3.42. The SMILES string of the molecule is CC(=O)C(F)(F)CCCO. The van der Waals surface area contributed by atoms with Crippen LogP contribution < -0.4 is 0 Å². The van der Waals surface area contributed by atoms with E-state index in [1.807, 2.05) is 0 Å². The van der Waals surface area contributed by atoms with E-state index in [-0.39, 0.29) is 13.0 Å². The lowest BCUT2D eigenvalue weighted by atomic mass is 10.1. The van der Waals surface area contributed by atoms with Crippen LogP contribution in [0.5, 0.6) is 0 Å². The molecule has 0 unspecified atom stereocenters. The van der Waals surface area contributed by atoms with Gasteiger partial charge < -0.3 is 5.11 Å². The second-order valence-electron chi connectivity index (χ2n) is 2.09. The Labute approximate surface area is 57.9 Å². The molecule has 0 rings (SSSR count). The maximum absolute atomic E-state index is 12.3. The predicted octanol–water partition coefficient (Wildman–Crippen LogP) is 0.983. The van der Waals surface area contributed by atoms with Crippen LogP contribution in [0.4, 0.5) is 8.78 Å². The molecule has 0 aromatic carbocycles. The largest absolute Gasteiger partial charge is 0.396 e. The quantitative estimate of drug-likeness (QED) is 0.652. The summed E-state index contributed by atoms with van der Waals surface area (Å²) in [6.45, 7) is 0.542. The van der Waals surface area contributed by atoms with Gasteiger partial charge in [-0.1, -0.05) is 0 Å². The molecule has 0 amide bonds. The Morgan fingerprint density at radius 2 is 2.10 bits per heavy atom. The van der Waals surface area contributed by atoms with Gasteiger partial charge in [0.2, 0.25) is 0 Å². The molecule has 2 nitrogen and oxygen atoms in total. The van der Waals surface area contributed by atoms with Gasteiger partial charge in [0.25, 0.3) is 0 Å². The molecule has 0 atom stereocenters. The van der Waals surface area contributed by atoms with Gasteiger partial charge in [-0.2, -0.15) is 8.78 Å². The van der Waals surface area contributed by atoms with Crippen LogP contribution in [0.3, 0.4) is 0 Å². The third-order valence-corrected chi connectivity index (χ3v) is 1.16. The highest BCUT2D eigenvalue weighted by Gasteiger charge is 2.33. The van der Waals surface area contributed by atoms with Gasteiger partial charge in [0, 0.05) is 20.0 Å². The molecule has 0 aromatic heterocycles. The lowest BCUT2D eigenvalue weighted by Gasteiger charge is -2.10. The van der Waals surface area contributed by atoms with Crippen LogP contribution in [0.1, 0.15) is 19.8 Å². The minimum Gasteiger partial charge on any atom is -0.396 e. The van der Waals surface area contributed by atoms with Crippen LogP contribution in [0, 0.1) is 0 Å². The molecule has 0 heterocycles. The van der Waals surface area contributed by atoms with Crippen LogP contribution >= 0.6 is 0 Å². The first-order valence-corrected chi connectivity index (χ1v) is 3.00. The fourth-order valence-electron chi connectivity index (χ4n) is 0.477. The summed E-state index contributed by atoms with van der Waals surface area (Å²) in [4.78, 5) is 10.1. The second kappa shape index (κ2) is 3.61. The van der Waals surface area contributed by atoms with Gasteiger partial charge in [0.15, 0.2) is 5.78 Å². The molecular formula is C6H10F2O2. The normalized spacial score (nSPS) is 11.6. The summed E-state index contributed by atoms with van der Waals surface area (Å²) < 4.78 is 24.5. The number of rotatable bonds is 4. The zero-order chi connectivity index (χ0) is 8.20. The minimum atomic E-state index is -3.25. The van der Waals surface area contributed by atoms with Gasteiger partial charge in [0.1, 0.15) is 0 Å². The topological polar surface area (TPSA) is 37.3 Å². The summed E-state index contributed by atoms with van der Waals surface area (Å²) in [5, 5.41) is 8.17. The van der Waals surface area contributed by atoms with Gasteiger partial charge >= 0.3 is 5.92 Å². The van der Waals surface area contributed by atoms with Gasteiger partial charge in [-0.25, -0.2) is 0 Å². The highest BCUT2D eigenvalue weighted by atomic mass is 19.3. The number of hydrogen-bond acceptors (Lipinski definition) is 2. The number of Topliss-reactive ketones (excluding diaryl/α,β-unsaturated/α-hetero) is 1. The average Bonchev–Trinajstić information content (AvgIpc) is 1.84. The zero-order valence-corrected chi connectivity index (χ0v) is 5.73. The second-order valence-corrected chi connectivity index (χ2v) is 2.09. The molecule has 0 fully saturated rings. The Morgan fingerprint density at radius 3 is 2.40 bits per heavy atom. The van der Waals surface area contributed by atoms with Crippen LogP contribution in [0.2, 0.25) is 0 Å². The summed E-state index contributed by atoms with van der Waals surface area (Å²) >= 11 is 0. The monoisotopic (exact) mass is 152 g/mol. The van der Waals surface area contributed by atoms with E-state index in [0.717, 1.165) is 6.92 Å². The number of carbonyl (C=O) groups is 1. The Morgan fingerprint density at radius 1 is 1.60 bits per heavy atom. The first kappa shape index (κ1) is 9.49. The van der Waals surface area contributed by atoms with Crippen molar-refractivity contribution in [3.05, 3.63) is 0 Å². The van der Waals surface area contributed by atoms with E-state index in [4.69, 9.17) is 5.11 Å². The molecule has 0 bridgehead atoms. The fourth-order valence-corrected chi connectivity index (χ4v) is 0.477. The zero-order valence-electron chi connectivity index (χ0n) is 5.73. The van der Waals surface area contributed by atoms with Crippen molar-refractivity contribution < 1.29 is 18.7 Å².